The summed E-state index contributed by atoms with van der Waals surface area (Å²) in [6.45, 7) is 20.9. The van der Waals surface area contributed by atoms with Gasteiger partial charge in [0.2, 0.25) is 0 Å². The molecule has 0 spiro atoms. The second-order valence-corrected chi connectivity index (χ2v) is 9.43. The molecule has 0 bridgehead atoms. The predicted molar refractivity (Wildman–Crippen MR) is 89.9 cm³/mol. The van der Waals surface area contributed by atoms with Crippen LogP contribution in [0.3, 0.4) is 0 Å². The molecule has 1 rings (SSSR count). The topological polar surface area (TPSA) is 29.3 Å². The van der Waals surface area contributed by atoms with Gasteiger partial charge in [-0.2, -0.15) is 0 Å². The van der Waals surface area contributed by atoms with Gasteiger partial charge in [0, 0.05) is 24.7 Å². The van der Waals surface area contributed by atoms with E-state index in [4.69, 9.17) is 5.73 Å². The zero-order valence-electron chi connectivity index (χ0n) is 15.2. The monoisotopic (exact) mass is 282 g/mol. The van der Waals surface area contributed by atoms with Crippen molar-refractivity contribution in [1.29, 1.82) is 0 Å². The fourth-order valence-corrected chi connectivity index (χ4v) is 5.07. The fraction of sp³-hybridized carbons (Fsp3) is 1.00. The first-order valence-corrected chi connectivity index (χ1v) is 8.40. The Morgan fingerprint density at radius 2 is 1.35 bits per heavy atom. The van der Waals surface area contributed by atoms with Crippen molar-refractivity contribution in [2.75, 3.05) is 13.1 Å². The average Bonchev–Trinajstić information content (AvgIpc) is 2.20. The van der Waals surface area contributed by atoms with E-state index in [0.717, 1.165) is 13.1 Å². The first-order valence-electron chi connectivity index (χ1n) is 8.40. The van der Waals surface area contributed by atoms with Gasteiger partial charge in [-0.05, 0) is 49.9 Å². The number of nitrogens with zero attached hydrogens (tertiary/aromatic N) is 1. The Bertz CT molecular complexity index is 299. The molecule has 1 saturated carbocycles. The minimum absolute atomic E-state index is 0.170. The van der Waals surface area contributed by atoms with Crippen LogP contribution in [0.25, 0.3) is 0 Å². The molecule has 0 aromatic rings. The van der Waals surface area contributed by atoms with Gasteiger partial charge in [0.05, 0.1) is 0 Å². The molecule has 0 atom stereocenters. The van der Waals surface area contributed by atoms with Crippen LogP contribution in [0, 0.1) is 16.7 Å². The number of rotatable bonds is 5. The molecule has 2 nitrogen and oxygen atoms in total. The van der Waals surface area contributed by atoms with Crippen LogP contribution in [0.1, 0.15) is 74.7 Å². The molecule has 120 valence electrons. The molecular formula is C18H38N2. The van der Waals surface area contributed by atoms with Crippen molar-refractivity contribution in [2.45, 2.75) is 86.2 Å². The van der Waals surface area contributed by atoms with Gasteiger partial charge in [-0.3, -0.25) is 4.90 Å². The third-order valence-electron chi connectivity index (χ3n) is 4.75. The van der Waals surface area contributed by atoms with Gasteiger partial charge < -0.3 is 5.73 Å². The maximum absolute atomic E-state index is 6.35. The molecule has 1 aliphatic carbocycles. The van der Waals surface area contributed by atoms with Gasteiger partial charge in [0.1, 0.15) is 0 Å². The van der Waals surface area contributed by atoms with E-state index in [0.29, 0.717) is 22.8 Å². The van der Waals surface area contributed by atoms with E-state index in [1.165, 1.54) is 19.3 Å². The summed E-state index contributed by atoms with van der Waals surface area (Å²) in [5.41, 5.74) is 7.28. The average molecular weight is 283 g/mol. The number of nitrogens with two attached hydrogens (primary N) is 1. The van der Waals surface area contributed by atoms with Crippen LogP contribution in [0.5, 0.6) is 0 Å². The Labute approximate surface area is 127 Å². The zero-order chi connectivity index (χ0) is 15.8. The zero-order valence-corrected chi connectivity index (χ0v) is 15.2. The second kappa shape index (κ2) is 5.96. The standard InChI is InChI=1S/C18H38N2/c1-14(2)9-20(15(3)4)18(13-19)11-16(5,6)10-17(7,8)12-18/h14-15H,9-13,19H2,1-8H3. The van der Waals surface area contributed by atoms with Gasteiger partial charge in [0.15, 0.2) is 0 Å². The third kappa shape index (κ3) is 4.21. The summed E-state index contributed by atoms with van der Waals surface area (Å²) in [6, 6.07) is 0.561. The molecule has 0 saturated heterocycles. The Morgan fingerprint density at radius 1 is 0.900 bits per heavy atom. The molecule has 1 fully saturated rings. The molecule has 20 heavy (non-hydrogen) atoms. The molecular weight excluding hydrogens is 244 g/mol. The molecule has 0 aromatic heterocycles. The van der Waals surface area contributed by atoms with Crippen LogP contribution in [-0.2, 0) is 0 Å². The summed E-state index contributed by atoms with van der Waals surface area (Å²) in [5, 5.41) is 0. The highest BCUT2D eigenvalue weighted by atomic mass is 15.2. The summed E-state index contributed by atoms with van der Waals surface area (Å²) in [5.74, 6) is 0.689. The molecule has 2 heteroatoms. The number of hydrogen-bond donors (Lipinski definition) is 1. The Balaban J connectivity index is 3.15. The van der Waals surface area contributed by atoms with Crippen LogP contribution in [-0.4, -0.2) is 29.6 Å². The molecule has 0 radical (unpaired) electrons. The molecule has 0 unspecified atom stereocenters. The first-order chi connectivity index (χ1) is 8.93. The van der Waals surface area contributed by atoms with Crippen LogP contribution < -0.4 is 5.73 Å². The molecule has 2 N–H and O–H groups in total. The summed E-state index contributed by atoms with van der Waals surface area (Å²) >= 11 is 0. The maximum atomic E-state index is 6.35. The third-order valence-corrected chi connectivity index (χ3v) is 4.75. The SMILES string of the molecule is CC(C)CN(C(C)C)C1(CN)CC(C)(C)CC(C)(C)C1. The van der Waals surface area contributed by atoms with E-state index in [1.807, 2.05) is 0 Å². The molecule has 1 aliphatic rings. The van der Waals surface area contributed by atoms with Crippen molar-refractivity contribution in [2.24, 2.45) is 22.5 Å². The lowest BCUT2D eigenvalue weighted by atomic mass is 9.57. The van der Waals surface area contributed by atoms with Gasteiger partial charge in [-0.1, -0.05) is 41.5 Å². The fourth-order valence-electron chi connectivity index (χ4n) is 5.07. The summed E-state index contributed by atoms with van der Waals surface area (Å²) in [7, 11) is 0. The molecule has 0 aliphatic heterocycles. The minimum atomic E-state index is 0.170. The van der Waals surface area contributed by atoms with Gasteiger partial charge >= 0.3 is 0 Å². The lowest BCUT2D eigenvalue weighted by molar-refractivity contribution is -0.0618. The van der Waals surface area contributed by atoms with E-state index >= 15 is 0 Å². The lowest BCUT2D eigenvalue weighted by Gasteiger charge is -2.57. The van der Waals surface area contributed by atoms with E-state index in [-0.39, 0.29) is 5.54 Å². The van der Waals surface area contributed by atoms with Crippen molar-refractivity contribution in [3.05, 3.63) is 0 Å². The lowest BCUT2D eigenvalue weighted by Crippen LogP contribution is -2.63. The smallest absolute Gasteiger partial charge is 0.0344 e. The summed E-state index contributed by atoms with van der Waals surface area (Å²) in [6.07, 6.45) is 3.75. The normalized spacial score (nSPS) is 24.6. The predicted octanol–water partition coefficient (Wildman–Crippen LogP) is 4.29. The van der Waals surface area contributed by atoms with E-state index < -0.39 is 0 Å². The highest BCUT2D eigenvalue weighted by molar-refractivity contribution is 5.05. The summed E-state index contributed by atoms with van der Waals surface area (Å²) < 4.78 is 0. The van der Waals surface area contributed by atoms with Crippen LogP contribution in [0.4, 0.5) is 0 Å². The quantitative estimate of drug-likeness (QED) is 0.815. The van der Waals surface area contributed by atoms with Crippen molar-refractivity contribution in [3.8, 4) is 0 Å². The Morgan fingerprint density at radius 3 is 1.65 bits per heavy atom. The molecule has 0 heterocycles. The van der Waals surface area contributed by atoms with Crippen molar-refractivity contribution >= 4 is 0 Å². The van der Waals surface area contributed by atoms with E-state index in [1.54, 1.807) is 0 Å². The highest BCUT2D eigenvalue weighted by Gasteiger charge is 2.50. The van der Waals surface area contributed by atoms with Crippen molar-refractivity contribution in [1.82, 2.24) is 4.90 Å². The highest BCUT2D eigenvalue weighted by Crippen LogP contribution is 2.52. The minimum Gasteiger partial charge on any atom is -0.329 e. The molecule has 0 aromatic carbocycles. The Kier molecular flexibility index (Phi) is 5.36. The largest absolute Gasteiger partial charge is 0.329 e. The first kappa shape index (κ1) is 18.0. The van der Waals surface area contributed by atoms with Crippen LogP contribution in [0.2, 0.25) is 0 Å². The Hall–Kier alpha value is -0.0800. The van der Waals surface area contributed by atoms with Crippen LogP contribution >= 0.6 is 0 Å². The van der Waals surface area contributed by atoms with Gasteiger partial charge in [-0.15, -0.1) is 0 Å². The van der Waals surface area contributed by atoms with Crippen molar-refractivity contribution < 1.29 is 0 Å². The maximum Gasteiger partial charge on any atom is 0.0344 e. The summed E-state index contributed by atoms with van der Waals surface area (Å²) in [4.78, 5) is 2.71. The molecule has 0 amide bonds. The van der Waals surface area contributed by atoms with E-state index in [9.17, 15) is 0 Å². The van der Waals surface area contributed by atoms with Crippen LogP contribution in [0.15, 0.2) is 0 Å². The van der Waals surface area contributed by atoms with Crippen molar-refractivity contribution in [3.63, 3.8) is 0 Å². The van der Waals surface area contributed by atoms with E-state index in [2.05, 4.69) is 60.3 Å². The van der Waals surface area contributed by atoms with Gasteiger partial charge in [0.25, 0.3) is 0 Å². The second-order valence-electron chi connectivity index (χ2n) is 9.43. The number of hydrogen-bond acceptors (Lipinski definition) is 2. The van der Waals surface area contributed by atoms with Gasteiger partial charge in [-0.25, -0.2) is 0 Å².